The molecule has 0 radical (unpaired) electrons. The predicted octanol–water partition coefficient (Wildman–Crippen LogP) is -4.01. The first-order valence-corrected chi connectivity index (χ1v) is 0.565. The van der Waals surface area contributed by atoms with E-state index in [1.807, 2.05) is 0 Å². The molecule has 0 saturated carbocycles. The molecule has 0 spiro atoms. The van der Waals surface area contributed by atoms with E-state index in [9.17, 15) is 0 Å². The zero-order valence-electron chi connectivity index (χ0n) is 3.21. The Bertz CT molecular complexity index is 31.5. The van der Waals surface area contributed by atoms with E-state index in [2.05, 4.69) is 0 Å². The molecule has 54 valence electrons. The standard InChI is InChI=1S/Ga.HNO3.3H2O.3H/c;2-1(3)4;;;;;;/h;(H,2,3,4);3*1H2;;;. The minimum atomic E-state index is -1.50. The summed E-state index contributed by atoms with van der Waals surface area (Å²) in [5.74, 6) is 0. The Kier molecular flexibility index (Phi) is 175. The number of hydrogen-bond acceptors (Lipinski definition) is 2. The second kappa shape index (κ2) is 29.7. The van der Waals surface area contributed by atoms with Crippen molar-refractivity contribution >= 4 is 19.8 Å². The molecule has 0 aliphatic heterocycles. The van der Waals surface area contributed by atoms with Crippen LogP contribution in [0.3, 0.4) is 0 Å². The van der Waals surface area contributed by atoms with Gasteiger partial charge in [0.25, 0.3) is 5.09 Å². The van der Waals surface area contributed by atoms with Crippen LogP contribution >= 0.6 is 0 Å². The summed E-state index contributed by atoms with van der Waals surface area (Å²) in [6.07, 6.45) is 0. The third-order valence-electron chi connectivity index (χ3n) is 0. The summed E-state index contributed by atoms with van der Waals surface area (Å²) < 4.78 is 0. The Labute approximate surface area is 57.4 Å². The Morgan fingerprint density at radius 2 is 1.25 bits per heavy atom. The Morgan fingerprint density at radius 1 is 1.25 bits per heavy atom. The van der Waals surface area contributed by atoms with Crippen molar-refractivity contribution in [2.24, 2.45) is 0 Å². The van der Waals surface area contributed by atoms with Crippen LogP contribution in [0.2, 0.25) is 0 Å². The van der Waals surface area contributed by atoms with Crippen molar-refractivity contribution < 1.29 is 26.7 Å². The van der Waals surface area contributed by atoms with Gasteiger partial charge in [-0.3, -0.25) is 0 Å². The van der Waals surface area contributed by atoms with E-state index in [1.165, 1.54) is 0 Å². The van der Waals surface area contributed by atoms with Crippen LogP contribution in [0.15, 0.2) is 0 Å². The quantitative estimate of drug-likeness (QED) is 0.234. The Balaban J connectivity index is -0.00000000750. The molecule has 0 amide bonds. The fraction of sp³-hybridized carbons (Fsp3) is 0. The predicted molar refractivity (Wildman–Crippen MR) is 29.6 cm³/mol. The summed E-state index contributed by atoms with van der Waals surface area (Å²) >= 11 is 0. The van der Waals surface area contributed by atoms with Crippen LogP contribution in [0.5, 0.6) is 0 Å². The number of nitrogens with zero attached hydrogens (tertiary/aromatic N) is 1. The molecule has 8 heavy (non-hydrogen) atoms. The van der Waals surface area contributed by atoms with Gasteiger partial charge in [-0.05, 0) is 0 Å². The topological polar surface area (TPSA) is 158 Å². The molecule has 0 aromatic carbocycles. The first kappa shape index (κ1) is 47.2. The van der Waals surface area contributed by atoms with Crippen molar-refractivity contribution in [1.29, 1.82) is 0 Å². The summed E-state index contributed by atoms with van der Waals surface area (Å²) in [5.41, 5.74) is 0. The zero-order valence-corrected chi connectivity index (χ0v) is 3.21. The molecule has 0 atom stereocenters. The maximum atomic E-state index is 8.36. The molecule has 0 saturated heterocycles. The minimum absolute atomic E-state index is 0. The molecule has 0 aliphatic rings. The number of rotatable bonds is 0. The average molecular weight is 190 g/mol. The molecule has 0 rings (SSSR count). The fourth-order valence-electron chi connectivity index (χ4n) is 0. The molecular weight excluding hydrogens is 180 g/mol. The van der Waals surface area contributed by atoms with Crippen molar-refractivity contribution in [3.63, 3.8) is 0 Å². The van der Waals surface area contributed by atoms with E-state index in [1.54, 1.807) is 0 Å². The van der Waals surface area contributed by atoms with Crippen LogP contribution in [-0.2, 0) is 0 Å². The molecule has 0 aliphatic carbocycles. The fourth-order valence-corrected chi connectivity index (χ4v) is 0. The summed E-state index contributed by atoms with van der Waals surface area (Å²) in [5, 5.41) is 13.6. The van der Waals surface area contributed by atoms with E-state index in [0.29, 0.717) is 0 Å². The van der Waals surface area contributed by atoms with Crippen molar-refractivity contribution in [3.8, 4) is 0 Å². The van der Waals surface area contributed by atoms with E-state index in [-0.39, 0.29) is 36.2 Å². The van der Waals surface area contributed by atoms with Gasteiger partial charge >= 0.3 is 19.8 Å². The van der Waals surface area contributed by atoms with Gasteiger partial charge < -0.3 is 21.6 Å². The van der Waals surface area contributed by atoms with Crippen LogP contribution in [-0.4, -0.2) is 46.5 Å². The molecule has 0 unspecified atom stereocenters. The third kappa shape index (κ3) is 1580. The molecule has 0 aromatic heterocycles. The second-order valence-corrected chi connectivity index (χ2v) is 0.238. The van der Waals surface area contributed by atoms with E-state index >= 15 is 0 Å². The van der Waals surface area contributed by atoms with E-state index in [4.69, 9.17) is 15.3 Å². The first-order valence-electron chi connectivity index (χ1n) is 0.565. The van der Waals surface area contributed by atoms with Crippen LogP contribution < -0.4 is 0 Å². The van der Waals surface area contributed by atoms with Crippen LogP contribution in [0.25, 0.3) is 0 Å². The molecule has 0 heterocycles. The molecule has 7 nitrogen and oxygen atoms in total. The molecule has 7 N–H and O–H groups in total. The molecule has 0 bridgehead atoms. The summed E-state index contributed by atoms with van der Waals surface area (Å²) in [7, 11) is 0. The van der Waals surface area contributed by atoms with E-state index in [0.717, 1.165) is 0 Å². The average Bonchev–Trinajstić information content (AvgIpc) is 0.811. The van der Waals surface area contributed by atoms with Crippen LogP contribution in [0.1, 0.15) is 0 Å². The van der Waals surface area contributed by atoms with Gasteiger partial charge in [0.05, 0.1) is 0 Å². The Morgan fingerprint density at radius 3 is 1.25 bits per heavy atom. The molecule has 0 fully saturated rings. The van der Waals surface area contributed by atoms with Crippen molar-refractivity contribution in [3.05, 3.63) is 10.1 Å². The van der Waals surface area contributed by atoms with Gasteiger partial charge in [0, 0.05) is 0 Å². The van der Waals surface area contributed by atoms with Gasteiger partial charge in [-0.15, -0.1) is 10.1 Å². The van der Waals surface area contributed by atoms with Gasteiger partial charge in [0.2, 0.25) is 0 Å². The summed E-state index contributed by atoms with van der Waals surface area (Å²) in [6, 6.07) is 0. The maximum absolute atomic E-state index is 8.36. The number of hydrogen-bond donors (Lipinski definition) is 1. The zero-order chi connectivity index (χ0) is 3.58. The van der Waals surface area contributed by atoms with Crippen molar-refractivity contribution in [2.75, 3.05) is 0 Å². The molecule has 0 aromatic rings. The monoisotopic (exact) mass is 189 g/mol. The molecule has 8 heteroatoms. The summed E-state index contributed by atoms with van der Waals surface area (Å²) in [4.78, 5) is 8.36. The Hall–Kier alpha value is -0.284. The van der Waals surface area contributed by atoms with Crippen LogP contribution in [0, 0.1) is 10.1 Å². The summed E-state index contributed by atoms with van der Waals surface area (Å²) in [6.45, 7) is 0. The third-order valence-corrected chi connectivity index (χ3v) is 0. The van der Waals surface area contributed by atoms with Gasteiger partial charge in [0.1, 0.15) is 0 Å². The second-order valence-electron chi connectivity index (χ2n) is 0.238. The van der Waals surface area contributed by atoms with Gasteiger partial charge in [-0.2, -0.15) is 0 Å². The van der Waals surface area contributed by atoms with Crippen molar-refractivity contribution in [1.82, 2.24) is 0 Å². The normalized spacial score (nSPS) is 3.00. The van der Waals surface area contributed by atoms with Crippen LogP contribution in [0.4, 0.5) is 0 Å². The SMILES string of the molecule is O.O.O.O=[N+]([O-])O.[GaH3]. The van der Waals surface area contributed by atoms with Gasteiger partial charge in [-0.25, -0.2) is 0 Å². The van der Waals surface area contributed by atoms with Gasteiger partial charge in [0.15, 0.2) is 0 Å². The first-order chi connectivity index (χ1) is 1.73. The van der Waals surface area contributed by atoms with Gasteiger partial charge in [-0.1, -0.05) is 0 Å². The van der Waals surface area contributed by atoms with Crippen molar-refractivity contribution in [2.45, 2.75) is 0 Å². The van der Waals surface area contributed by atoms with E-state index < -0.39 is 5.09 Å². The molecular formula is H10GaNO6.